The molecule has 0 bridgehead atoms. The monoisotopic (exact) mass is 268 g/mol. The maximum absolute atomic E-state index is 2.32. The third-order valence-corrected chi connectivity index (χ3v) is 7.53. The van der Waals surface area contributed by atoms with Gasteiger partial charge in [0, 0.05) is 0 Å². The van der Waals surface area contributed by atoms with Gasteiger partial charge in [-0.1, -0.05) is 0 Å². The summed E-state index contributed by atoms with van der Waals surface area (Å²) in [4.78, 5) is 0. The molecule has 0 aliphatic rings. The minimum absolute atomic E-state index is 0.276. The Morgan fingerprint density at radius 3 is 2.17 bits per heavy atom. The first-order valence-electron chi connectivity index (χ1n) is 4.68. The van der Waals surface area contributed by atoms with Crippen LogP contribution in [0.4, 0.5) is 0 Å². The van der Waals surface area contributed by atoms with Crippen LogP contribution in [-0.2, 0) is 0 Å². The molecule has 0 aliphatic heterocycles. The molecular weight excluding hydrogens is 251 g/mol. The van der Waals surface area contributed by atoms with E-state index in [1.165, 1.54) is 12.8 Å². The molecule has 1 aromatic rings. The zero-order valence-corrected chi connectivity index (χ0v) is 10.7. The van der Waals surface area contributed by atoms with E-state index in [0.29, 0.717) is 0 Å². The van der Waals surface area contributed by atoms with Crippen LogP contribution in [-0.4, -0.2) is 21.1 Å². The molecule has 1 rings (SSSR count). The first-order valence-corrected chi connectivity index (χ1v) is 7.75. The molecule has 0 nitrogen and oxygen atoms in total. The summed E-state index contributed by atoms with van der Waals surface area (Å²) in [6.45, 7) is 4.63. The molecule has 0 aliphatic carbocycles. The summed E-state index contributed by atoms with van der Waals surface area (Å²) in [5, 5.41) is 0. The summed E-state index contributed by atoms with van der Waals surface area (Å²) in [5.41, 5.74) is 0. The number of rotatable bonds is 4. The van der Waals surface area contributed by atoms with Crippen LogP contribution in [0.15, 0.2) is 30.3 Å². The number of hydrogen-bond acceptors (Lipinski definition) is 0. The molecule has 0 spiro atoms. The number of hydrogen-bond donors (Lipinski definition) is 0. The van der Waals surface area contributed by atoms with Gasteiger partial charge in [0.05, 0.1) is 0 Å². The molecule has 2 radical (unpaired) electrons. The Bertz CT molecular complexity index is 202. The maximum atomic E-state index is 2.32. The van der Waals surface area contributed by atoms with E-state index in [9.17, 15) is 0 Å². The normalized spacial score (nSPS) is 10.6. The van der Waals surface area contributed by atoms with Crippen molar-refractivity contribution in [2.24, 2.45) is 0 Å². The fourth-order valence-electron chi connectivity index (χ4n) is 1.26. The fourth-order valence-corrected chi connectivity index (χ4v) is 4.87. The van der Waals surface area contributed by atoms with Crippen LogP contribution < -0.4 is 3.58 Å². The second-order valence-electron chi connectivity index (χ2n) is 3.02. The molecule has 0 atom stereocenters. The first-order chi connectivity index (χ1) is 5.86. The van der Waals surface area contributed by atoms with Crippen molar-refractivity contribution < 1.29 is 0 Å². The van der Waals surface area contributed by atoms with Crippen LogP contribution >= 0.6 is 0 Å². The van der Waals surface area contributed by atoms with E-state index in [4.69, 9.17) is 0 Å². The Morgan fingerprint density at radius 2 is 1.67 bits per heavy atom. The predicted octanol–water partition coefficient (Wildman–Crippen LogP) is 2.62. The summed E-state index contributed by atoms with van der Waals surface area (Å²) >= 11 is -0.276. The van der Waals surface area contributed by atoms with Crippen molar-refractivity contribution in [3.05, 3.63) is 30.3 Å². The molecule has 0 unspecified atom stereocenters. The van der Waals surface area contributed by atoms with Crippen molar-refractivity contribution in [2.45, 2.75) is 30.6 Å². The molecule has 0 heterocycles. The Labute approximate surface area is 85.6 Å². The summed E-state index contributed by atoms with van der Waals surface area (Å²) in [6.07, 6.45) is 2.75. The number of benzene rings is 1. The standard InChI is InChI=1S/C6H5.C5H11.Sn/c1-2-4-6-5-3-1;1-3-5-4-2;/h1-5H;5H,3-4H2,1-2H3;. The van der Waals surface area contributed by atoms with Crippen molar-refractivity contribution in [2.75, 3.05) is 0 Å². The molecular formula is C11H16Sn. The zero-order valence-electron chi connectivity index (χ0n) is 7.88. The van der Waals surface area contributed by atoms with Gasteiger partial charge < -0.3 is 0 Å². The average Bonchev–Trinajstić information content (AvgIpc) is 2.16. The van der Waals surface area contributed by atoms with E-state index in [2.05, 4.69) is 44.2 Å². The van der Waals surface area contributed by atoms with Gasteiger partial charge in [0.15, 0.2) is 0 Å². The van der Waals surface area contributed by atoms with Crippen molar-refractivity contribution in [1.29, 1.82) is 0 Å². The first kappa shape index (κ1) is 10.1. The van der Waals surface area contributed by atoms with Gasteiger partial charge in [0.1, 0.15) is 0 Å². The Hall–Kier alpha value is 0.0187. The zero-order chi connectivity index (χ0) is 8.81. The van der Waals surface area contributed by atoms with Gasteiger partial charge >= 0.3 is 85.7 Å². The van der Waals surface area contributed by atoms with E-state index < -0.39 is 0 Å². The molecule has 0 saturated heterocycles. The van der Waals surface area contributed by atoms with Crippen molar-refractivity contribution >= 4 is 24.7 Å². The SMILES string of the molecule is CC[CH](CC)[Sn][c]1ccccc1. The third kappa shape index (κ3) is 3.18. The minimum atomic E-state index is -0.276. The predicted molar refractivity (Wildman–Crippen MR) is 56.2 cm³/mol. The second-order valence-corrected chi connectivity index (χ2v) is 7.83. The van der Waals surface area contributed by atoms with Gasteiger partial charge in [-0.25, -0.2) is 0 Å². The summed E-state index contributed by atoms with van der Waals surface area (Å²) in [5.74, 6) is 0. The van der Waals surface area contributed by atoms with E-state index in [1.54, 1.807) is 3.58 Å². The van der Waals surface area contributed by atoms with Crippen LogP contribution in [0.1, 0.15) is 26.7 Å². The Kier molecular flexibility index (Phi) is 4.74. The molecule has 12 heavy (non-hydrogen) atoms. The molecule has 0 aromatic heterocycles. The van der Waals surface area contributed by atoms with Crippen LogP contribution in [0, 0.1) is 0 Å². The molecule has 64 valence electrons. The van der Waals surface area contributed by atoms with Crippen LogP contribution in [0.3, 0.4) is 0 Å². The molecule has 0 saturated carbocycles. The van der Waals surface area contributed by atoms with Gasteiger partial charge in [0.2, 0.25) is 0 Å². The van der Waals surface area contributed by atoms with Crippen molar-refractivity contribution in [1.82, 2.24) is 0 Å². The Balaban J connectivity index is 2.51. The fraction of sp³-hybridized carbons (Fsp3) is 0.455. The van der Waals surface area contributed by atoms with Crippen molar-refractivity contribution in [3.8, 4) is 0 Å². The van der Waals surface area contributed by atoms with Gasteiger partial charge in [-0.05, 0) is 0 Å². The van der Waals surface area contributed by atoms with Gasteiger partial charge in [0.25, 0.3) is 0 Å². The topological polar surface area (TPSA) is 0 Å². The Morgan fingerprint density at radius 1 is 1.08 bits per heavy atom. The van der Waals surface area contributed by atoms with Crippen molar-refractivity contribution in [3.63, 3.8) is 0 Å². The quantitative estimate of drug-likeness (QED) is 0.735. The van der Waals surface area contributed by atoms with Gasteiger partial charge in [-0.2, -0.15) is 0 Å². The molecule has 0 amide bonds. The molecule has 1 heteroatoms. The van der Waals surface area contributed by atoms with Gasteiger partial charge in [-0.15, -0.1) is 0 Å². The summed E-state index contributed by atoms with van der Waals surface area (Å²) < 4.78 is 2.69. The van der Waals surface area contributed by atoms with Crippen LogP contribution in [0.5, 0.6) is 0 Å². The van der Waals surface area contributed by atoms with E-state index >= 15 is 0 Å². The van der Waals surface area contributed by atoms with Crippen LogP contribution in [0.2, 0.25) is 3.93 Å². The van der Waals surface area contributed by atoms with E-state index in [1.807, 2.05) is 0 Å². The summed E-state index contributed by atoms with van der Waals surface area (Å²) in [6, 6.07) is 11.0. The van der Waals surface area contributed by atoms with Gasteiger partial charge in [-0.3, -0.25) is 0 Å². The average molecular weight is 267 g/mol. The molecule has 0 fully saturated rings. The van der Waals surface area contributed by atoms with E-state index in [0.717, 1.165) is 3.93 Å². The summed E-state index contributed by atoms with van der Waals surface area (Å²) in [7, 11) is 0. The van der Waals surface area contributed by atoms with E-state index in [-0.39, 0.29) is 21.1 Å². The third-order valence-electron chi connectivity index (χ3n) is 2.13. The molecule has 1 aromatic carbocycles. The second kappa shape index (κ2) is 5.63. The van der Waals surface area contributed by atoms with Crippen LogP contribution in [0.25, 0.3) is 0 Å². The molecule has 0 N–H and O–H groups in total.